The molecule has 0 radical (unpaired) electrons. The third-order valence-corrected chi connectivity index (χ3v) is 3.05. The third kappa shape index (κ3) is 3.34. The van der Waals surface area contributed by atoms with E-state index in [4.69, 9.17) is 10.5 Å². The van der Waals surface area contributed by atoms with Crippen molar-refractivity contribution in [2.24, 2.45) is 5.73 Å². The summed E-state index contributed by atoms with van der Waals surface area (Å²) in [4.78, 5) is 0. The molecule has 0 heterocycles. The monoisotopic (exact) mass is 231 g/mol. The molecule has 2 rings (SSSR count). The van der Waals surface area contributed by atoms with Crippen LogP contribution in [0.4, 0.5) is 0 Å². The largest absolute Gasteiger partial charge is 0.491 e. The lowest BCUT2D eigenvalue weighted by Crippen LogP contribution is -2.21. The van der Waals surface area contributed by atoms with E-state index in [1.54, 1.807) is 0 Å². The van der Waals surface area contributed by atoms with Crippen LogP contribution in [-0.2, 0) is 0 Å². The fourth-order valence-electron chi connectivity index (χ4n) is 2.14. The molecule has 1 aromatic carbocycles. The van der Waals surface area contributed by atoms with E-state index in [-0.39, 0.29) is 6.10 Å². The molecular formula is C15H21NO. The minimum atomic E-state index is 0.229. The Bertz CT molecular complexity index is 392. The van der Waals surface area contributed by atoms with Crippen molar-refractivity contribution in [2.75, 3.05) is 0 Å². The number of ether oxygens (including phenoxy) is 1. The summed E-state index contributed by atoms with van der Waals surface area (Å²) in [6.07, 6.45) is 5.68. The molecule has 0 bridgehead atoms. The van der Waals surface area contributed by atoms with Gasteiger partial charge in [-0.25, -0.2) is 0 Å². The molecule has 0 spiro atoms. The Morgan fingerprint density at radius 3 is 2.47 bits per heavy atom. The first-order chi connectivity index (χ1) is 8.15. The molecule has 1 aliphatic rings. The predicted octanol–water partition coefficient (Wildman–Crippen LogP) is 3.37. The lowest BCUT2D eigenvalue weighted by Gasteiger charge is -2.18. The van der Waals surface area contributed by atoms with E-state index in [2.05, 4.69) is 18.2 Å². The van der Waals surface area contributed by atoms with Gasteiger partial charge in [-0.2, -0.15) is 0 Å². The molecule has 1 atom stereocenters. The van der Waals surface area contributed by atoms with Crippen LogP contribution in [0.1, 0.15) is 38.7 Å². The van der Waals surface area contributed by atoms with Crippen molar-refractivity contribution in [1.29, 1.82) is 0 Å². The van der Waals surface area contributed by atoms with Crippen molar-refractivity contribution in [3.63, 3.8) is 0 Å². The van der Waals surface area contributed by atoms with Gasteiger partial charge in [-0.3, -0.25) is 0 Å². The smallest absolute Gasteiger partial charge is 0.119 e. The van der Waals surface area contributed by atoms with Crippen LogP contribution in [0.5, 0.6) is 5.75 Å². The minimum absolute atomic E-state index is 0.229. The molecule has 2 nitrogen and oxygen atoms in total. The lowest BCUT2D eigenvalue weighted by atomic mass is 9.91. The second kappa shape index (κ2) is 5.37. The van der Waals surface area contributed by atoms with Gasteiger partial charge in [-0.05, 0) is 56.4 Å². The molecule has 0 aliphatic heterocycles. The van der Waals surface area contributed by atoms with Crippen molar-refractivity contribution in [2.45, 2.75) is 45.3 Å². The summed E-state index contributed by atoms with van der Waals surface area (Å²) in [6.45, 7) is 4.08. The average molecular weight is 231 g/mol. The summed E-state index contributed by atoms with van der Waals surface area (Å²) >= 11 is 0. The predicted molar refractivity (Wildman–Crippen MR) is 72.0 cm³/mol. The number of hydrogen-bond donors (Lipinski definition) is 1. The van der Waals surface area contributed by atoms with E-state index < -0.39 is 0 Å². The SMILES string of the molecule is CC(C)Oc1ccc(C2=CCC(N)CC2)cc1. The maximum Gasteiger partial charge on any atom is 0.119 e. The normalized spacial score (nSPS) is 20.2. The van der Waals surface area contributed by atoms with Crippen LogP contribution in [0.15, 0.2) is 30.3 Å². The fraction of sp³-hybridized carbons (Fsp3) is 0.467. The van der Waals surface area contributed by atoms with Crippen LogP contribution >= 0.6 is 0 Å². The highest BCUT2D eigenvalue weighted by Gasteiger charge is 2.11. The van der Waals surface area contributed by atoms with Crippen LogP contribution in [0.3, 0.4) is 0 Å². The number of benzene rings is 1. The number of allylic oxidation sites excluding steroid dienone is 1. The highest BCUT2D eigenvalue weighted by atomic mass is 16.5. The van der Waals surface area contributed by atoms with Gasteiger partial charge < -0.3 is 10.5 Å². The molecule has 2 heteroatoms. The highest BCUT2D eigenvalue weighted by molar-refractivity contribution is 5.66. The Hall–Kier alpha value is -1.28. The van der Waals surface area contributed by atoms with Crippen molar-refractivity contribution in [1.82, 2.24) is 0 Å². The van der Waals surface area contributed by atoms with Gasteiger partial charge in [0.25, 0.3) is 0 Å². The van der Waals surface area contributed by atoms with E-state index in [1.165, 1.54) is 11.1 Å². The van der Waals surface area contributed by atoms with Crippen molar-refractivity contribution in [3.8, 4) is 5.75 Å². The van der Waals surface area contributed by atoms with Gasteiger partial charge in [-0.1, -0.05) is 18.2 Å². The van der Waals surface area contributed by atoms with E-state index in [1.807, 2.05) is 26.0 Å². The Labute approximate surface area is 103 Å². The molecule has 0 amide bonds. The zero-order valence-electron chi connectivity index (χ0n) is 10.6. The first kappa shape index (κ1) is 12.2. The molecule has 1 unspecified atom stereocenters. The molecule has 1 aromatic rings. The first-order valence-electron chi connectivity index (χ1n) is 6.37. The Balaban J connectivity index is 2.07. The molecule has 2 N–H and O–H groups in total. The Morgan fingerprint density at radius 1 is 1.24 bits per heavy atom. The second-order valence-electron chi connectivity index (χ2n) is 4.95. The van der Waals surface area contributed by atoms with Gasteiger partial charge in [0.1, 0.15) is 5.75 Å². The molecule has 17 heavy (non-hydrogen) atoms. The van der Waals surface area contributed by atoms with E-state index in [9.17, 15) is 0 Å². The standard InChI is InChI=1S/C15H21NO/c1-11(2)17-15-9-5-13(6-10-15)12-3-7-14(16)8-4-12/h3,5-6,9-11,14H,4,7-8,16H2,1-2H3. The average Bonchev–Trinajstić information content (AvgIpc) is 2.30. The van der Waals surface area contributed by atoms with E-state index in [0.29, 0.717) is 6.04 Å². The quantitative estimate of drug-likeness (QED) is 0.865. The maximum atomic E-state index is 5.89. The summed E-state index contributed by atoms with van der Waals surface area (Å²) in [5.41, 5.74) is 8.61. The molecule has 0 saturated heterocycles. The third-order valence-electron chi connectivity index (χ3n) is 3.05. The van der Waals surface area contributed by atoms with Crippen LogP contribution < -0.4 is 10.5 Å². The zero-order chi connectivity index (χ0) is 12.3. The summed E-state index contributed by atoms with van der Waals surface area (Å²) in [5, 5.41) is 0. The zero-order valence-corrected chi connectivity index (χ0v) is 10.6. The molecule has 92 valence electrons. The molecule has 0 aromatic heterocycles. The van der Waals surface area contributed by atoms with Crippen molar-refractivity contribution in [3.05, 3.63) is 35.9 Å². The van der Waals surface area contributed by atoms with E-state index in [0.717, 1.165) is 25.0 Å². The fourth-order valence-corrected chi connectivity index (χ4v) is 2.14. The Morgan fingerprint density at radius 2 is 1.94 bits per heavy atom. The van der Waals surface area contributed by atoms with Crippen molar-refractivity contribution >= 4 is 5.57 Å². The molecule has 1 aliphatic carbocycles. The van der Waals surface area contributed by atoms with Gasteiger partial charge in [0, 0.05) is 6.04 Å². The van der Waals surface area contributed by atoms with E-state index >= 15 is 0 Å². The van der Waals surface area contributed by atoms with Crippen molar-refractivity contribution < 1.29 is 4.74 Å². The van der Waals surface area contributed by atoms with Crippen LogP contribution in [0, 0.1) is 0 Å². The summed E-state index contributed by atoms with van der Waals surface area (Å²) in [7, 11) is 0. The summed E-state index contributed by atoms with van der Waals surface area (Å²) in [6, 6.07) is 8.72. The van der Waals surface area contributed by atoms with Gasteiger partial charge in [0.2, 0.25) is 0 Å². The second-order valence-corrected chi connectivity index (χ2v) is 4.95. The highest BCUT2D eigenvalue weighted by Crippen LogP contribution is 2.27. The maximum absolute atomic E-state index is 5.89. The summed E-state index contributed by atoms with van der Waals surface area (Å²) < 4.78 is 5.63. The van der Waals surface area contributed by atoms with Gasteiger partial charge in [0.05, 0.1) is 6.10 Å². The number of hydrogen-bond acceptors (Lipinski definition) is 2. The number of rotatable bonds is 3. The Kier molecular flexibility index (Phi) is 3.85. The minimum Gasteiger partial charge on any atom is -0.491 e. The van der Waals surface area contributed by atoms with Crippen LogP contribution in [0.25, 0.3) is 5.57 Å². The topological polar surface area (TPSA) is 35.2 Å². The lowest BCUT2D eigenvalue weighted by molar-refractivity contribution is 0.242. The van der Waals surface area contributed by atoms with Gasteiger partial charge in [0.15, 0.2) is 0 Å². The molecule has 0 fully saturated rings. The number of nitrogens with two attached hydrogens (primary N) is 1. The van der Waals surface area contributed by atoms with Crippen LogP contribution in [-0.4, -0.2) is 12.1 Å². The molecular weight excluding hydrogens is 210 g/mol. The first-order valence-corrected chi connectivity index (χ1v) is 6.37. The summed E-state index contributed by atoms with van der Waals surface area (Å²) in [5.74, 6) is 0.942. The molecule has 0 saturated carbocycles. The van der Waals surface area contributed by atoms with Gasteiger partial charge >= 0.3 is 0 Å². The van der Waals surface area contributed by atoms with Crippen LogP contribution in [0.2, 0.25) is 0 Å². The van der Waals surface area contributed by atoms with Gasteiger partial charge in [-0.15, -0.1) is 0 Å².